The summed E-state index contributed by atoms with van der Waals surface area (Å²) in [5, 5.41) is 12.5. The fraction of sp³-hybridized carbons (Fsp3) is 0.0625. The molecule has 122 valence electrons. The highest BCUT2D eigenvalue weighted by atomic mass is 35.5. The zero-order valence-electron chi connectivity index (χ0n) is 12.1. The van der Waals surface area contributed by atoms with Crippen LogP contribution in [0.5, 0.6) is 0 Å². The number of carbonyl (C=O) groups is 1. The SMILES string of the molecule is O=C(Nc1nnc(Cc2ccc(Cl)cc2Cl)s1)c1ccccc1F. The predicted molar refractivity (Wildman–Crippen MR) is 93.5 cm³/mol. The van der Waals surface area contributed by atoms with Gasteiger partial charge < -0.3 is 0 Å². The van der Waals surface area contributed by atoms with Crippen LogP contribution in [0.1, 0.15) is 20.9 Å². The van der Waals surface area contributed by atoms with Crippen molar-refractivity contribution in [2.75, 3.05) is 5.32 Å². The minimum atomic E-state index is -0.590. The fourth-order valence-corrected chi connectivity index (χ4v) is 3.25. The Bertz CT molecular complexity index is 901. The van der Waals surface area contributed by atoms with Crippen molar-refractivity contribution in [2.24, 2.45) is 0 Å². The number of nitrogens with zero attached hydrogens (tertiary/aromatic N) is 2. The number of nitrogens with one attached hydrogen (secondary N) is 1. The third-order valence-electron chi connectivity index (χ3n) is 3.16. The lowest BCUT2D eigenvalue weighted by Gasteiger charge is -2.02. The molecule has 24 heavy (non-hydrogen) atoms. The van der Waals surface area contributed by atoms with E-state index in [0.717, 1.165) is 5.56 Å². The van der Waals surface area contributed by atoms with E-state index in [1.807, 2.05) is 6.07 Å². The molecule has 0 saturated heterocycles. The van der Waals surface area contributed by atoms with Gasteiger partial charge in [-0.3, -0.25) is 10.1 Å². The molecule has 0 unspecified atom stereocenters. The van der Waals surface area contributed by atoms with E-state index in [9.17, 15) is 9.18 Å². The third kappa shape index (κ3) is 3.90. The Hall–Kier alpha value is -2.02. The van der Waals surface area contributed by atoms with E-state index in [0.29, 0.717) is 26.6 Å². The number of aromatic nitrogens is 2. The largest absolute Gasteiger partial charge is 0.296 e. The fourth-order valence-electron chi connectivity index (χ4n) is 2.01. The van der Waals surface area contributed by atoms with E-state index in [4.69, 9.17) is 23.2 Å². The van der Waals surface area contributed by atoms with E-state index in [-0.39, 0.29) is 5.56 Å². The van der Waals surface area contributed by atoms with Gasteiger partial charge in [-0.1, -0.05) is 52.7 Å². The first-order chi connectivity index (χ1) is 11.5. The molecule has 1 aromatic heterocycles. The summed E-state index contributed by atoms with van der Waals surface area (Å²) in [6.07, 6.45) is 0.462. The molecule has 1 N–H and O–H groups in total. The molecule has 0 spiro atoms. The maximum Gasteiger partial charge on any atom is 0.260 e. The summed E-state index contributed by atoms with van der Waals surface area (Å²) >= 11 is 13.2. The molecule has 3 rings (SSSR count). The van der Waals surface area contributed by atoms with Crippen molar-refractivity contribution in [3.63, 3.8) is 0 Å². The van der Waals surface area contributed by atoms with Gasteiger partial charge in [0.1, 0.15) is 10.8 Å². The molecule has 0 atom stereocenters. The smallest absolute Gasteiger partial charge is 0.260 e. The summed E-state index contributed by atoms with van der Waals surface area (Å²) in [4.78, 5) is 12.0. The number of carbonyl (C=O) groups excluding carboxylic acids is 1. The zero-order valence-corrected chi connectivity index (χ0v) is 14.4. The van der Waals surface area contributed by atoms with Gasteiger partial charge in [0.25, 0.3) is 5.91 Å². The summed E-state index contributed by atoms with van der Waals surface area (Å²) in [5.74, 6) is -1.16. The summed E-state index contributed by atoms with van der Waals surface area (Å²) in [6.45, 7) is 0. The molecule has 0 fully saturated rings. The molecule has 0 aliphatic heterocycles. The van der Waals surface area contributed by atoms with Crippen LogP contribution >= 0.6 is 34.5 Å². The average Bonchev–Trinajstić information content (AvgIpc) is 2.97. The molecule has 0 aliphatic rings. The highest BCUT2D eigenvalue weighted by Crippen LogP contribution is 2.25. The van der Waals surface area contributed by atoms with Crippen molar-refractivity contribution < 1.29 is 9.18 Å². The zero-order chi connectivity index (χ0) is 17.1. The number of anilines is 1. The summed E-state index contributed by atoms with van der Waals surface area (Å²) in [6, 6.07) is 10.9. The number of hydrogen-bond donors (Lipinski definition) is 1. The van der Waals surface area contributed by atoms with E-state index >= 15 is 0 Å². The molecule has 1 amide bonds. The summed E-state index contributed by atoms with van der Waals surface area (Å²) < 4.78 is 13.6. The average molecular weight is 382 g/mol. The number of benzene rings is 2. The number of hydrogen-bond acceptors (Lipinski definition) is 4. The third-order valence-corrected chi connectivity index (χ3v) is 4.59. The molecule has 2 aromatic carbocycles. The Morgan fingerprint density at radius 2 is 1.96 bits per heavy atom. The van der Waals surface area contributed by atoms with Crippen LogP contribution in [0.4, 0.5) is 9.52 Å². The maximum absolute atomic E-state index is 13.6. The molecular weight excluding hydrogens is 372 g/mol. The molecule has 8 heteroatoms. The number of amides is 1. The molecule has 1 heterocycles. The van der Waals surface area contributed by atoms with Gasteiger partial charge in [0, 0.05) is 16.5 Å². The Morgan fingerprint density at radius 3 is 2.71 bits per heavy atom. The molecule has 3 aromatic rings. The van der Waals surface area contributed by atoms with Gasteiger partial charge in [-0.2, -0.15) is 0 Å². The Labute approximate surface area is 151 Å². The normalized spacial score (nSPS) is 10.6. The monoisotopic (exact) mass is 381 g/mol. The van der Waals surface area contributed by atoms with E-state index < -0.39 is 11.7 Å². The van der Waals surface area contributed by atoms with Gasteiger partial charge in [0.05, 0.1) is 5.56 Å². The number of rotatable bonds is 4. The Balaban J connectivity index is 1.72. The van der Waals surface area contributed by atoms with Crippen LogP contribution in [-0.2, 0) is 6.42 Å². The summed E-state index contributed by atoms with van der Waals surface area (Å²) in [5.41, 5.74) is 0.805. The van der Waals surface area contributed by atoms with Crippen LogP contribution in [0.25, 0.3) is 0 Å². The first-order valence-corrected chi connectivity index (χ1v) is 8.42. The molecule has 0 bridgehead atoms. The first kappa shape index (κ1) is 16.8. The van der Waals surface area contributed by atoms with Crippen molar-refractivity contribution >= 4 is 45.6 Å². The second-order valence-electron chi connectivity index (χ2n) is 4.85. The predicted octanol–water partition coefficient (Wildman–Crippen LogP) is 4.83. The van der Waals surface area contributed by atoms with Crippen molar-refractivity contribution in [3.05, 3.63) is 74.5 Å². The standard InChI is InChI=1S/C16H10Cl2FN3OS/c17-10-6-5-9(12(18)8-10)7-14-21-22-16(24-14)20-15(23)11-3-1-2-4-13(11)19/h1-6,8H,7H2,(H,20,22,23). The van der Waals surface area contributed by atoms with Crippen LogP contribution in [0.3, 0.4) is 0 Å². The number of halogens is 3. The van der Waals surface area contributed by atoms with Gasteiger partial charge in [0.2, 0.25) is 5.13 Å². The minimum Gasteiger partial charge on any atom is -0.296 e. The highest BCUT2D eigenvalue weighted by Gasteiger charge is 2.14. The van der Waals surface area contributed by atoms with Gasteiger partial charge in [-0.15, -0.1) is 10.2 Å². The second-order valence-corrected chi connectivity index (χ2v) is 6.75. The highest BCUT2D eigenvalue weighted by molar-refractivity contribution is 7.15. The van der Waals surface area contributed by atoms with Crippen molar-refractivity contribution in [2.45, 2.75) is 6.42 Å². The maximum atomic E-state index is 13.6. The molecule has 0 aliphatic carbocycles. The lowest BCUT2D eigenvalue weighted by Crippen LogP contribution is -2.13. The molecule has 0 radical (unpaired) electrons. The van der Waals surface area contributed by atoms with E-state index in [2.05, 4.69) is 15.5 Å². The van der Waals surface area contributed by atoms with E-state index in [1.165, 1.54) is 29.5 Å². The van der Waals surface area contributed by atoms with Crippen LogP contribution in [0.2, 0.25) is 10.0 Å². The van der Waals surface area contributed by atoms with Crippen molar-refractivity contribution in [1.29, 1.82) is 0 Å². The van der Waals surface area contributed by atoms with Crippen LogP contribution in [0, 0.1) is 5.82 Å². The van der Waals surface area contributed by atoms with Gasteiger partial charge in [-0.25, -0.2) is 4.39 Å². The molecular formula is C16H10Cl2FN3OS. The van der Waals surface area contributed by atoms with Gasteiger partial charge in [-0.05, 0) is 29.8 Å². The Morgan fingerprint density at radius 1 is 1.17 bits per heavy atom. The van der Waals surface area contributed by atoms with Crippen LogP contribution < -0.4 is 5.32 Å². The second kappa shape index (κ2) is 7.25. The summed E-state index contributed by atoms with van der Waals surface area (Å²) in [7, 11) is 0. The topological polar surface area (TPSA) is 54.9 Å². The van der Waals surface area contributed by atoms with Gasteiger partial charge >= 0.3 is 0 Å². The van der Waals surface area contributed by atoms with Crippen molar-refractivity contribution in [1.82, 2.24) is 10.2 Å². The Kier molecular flexibility index (Phi) is 5.08. The van der Waals surface area contributed by atoms with Crippen molar-refractivity contribution in [3.8, 4) is 0 Å². The van der Waals surface area contributed by atoms with Gasteiger partial charge in [0.15, 0.2) is 0 Å². The molecule has 4 nitrogen and oxygen atoms in total. The van der Waals surface area contributed by atoms with Crippen LogP contribution in [-0.4, -0.2) is 16.1 Å². The quantitative estimate of drug-likeness (QED) is 0.704. The lowest BCUT2D eigenvalue weighted by atomic mass is 10.2. The lowest BCUT2D eigenvalue weighted by molar-refractivity contribution is 0.102. The van der Waals surface area contributed by atoms with Crippen LogP contribution in [0.15, 0.2) is 42.5 Å². The van der Waals surface area contributed by atoms with E-state index in [1.54, 1.807) is 18.2 Å². The minimum absolute atomic E-state index is 0.0463. The molecule has 0 saturated carbocycles. The first-order valence-electron chi connectivity index (χ1n) is 6.85.